The summed E-state index contributed by atoms with van der Waals surface area (Å²) < 4.78 is 7.37. The maximum absolute atomic E-state index is 6.24. The second kappa shape index (κ2) is 4.33. The van der Waals surface area contributed by atoms with Gasteiger partial charge in [0.15, 0.2) is 0 Å². The molecule has 1 saturated carbocycles. The van der Waals surface area contributed by atoms with Crippen LogP contribution in [0.2, 0.25) is 5.02 Å². The van der Waals surface area contributed by atoms with E-state index in [9.17, 15) is 0 Å². The van der Waals surface area contributed by atoms with Gasteiger partial charge in [0.2, 0.25) is 11.7 Å². The highest BCUT2D eigenvalue weighted by atomic mass is 35.5. The van der Waals surface area contributed by atoms with Gasteiger partial charge in [-0.25, -0.2) is 4.98 Å². The molecule has 7 heteroatoms. The van der Waals surface area contributed by atoms with Crippen LogP contribution >= 0.6 is 11.6 Å². The molecule has 0 atom stereocenters. The van der Waals surface area contributed by atoms with E-state index in [0.29, 0.717) is 23.3 Å². The van der Waals surface area contributed by atoms with E-state index in [0.717, 1.165) is 41.5 Å². The van der Waals surface area contributed by atoms with Crippen LogP contribution in [0.4, 0.5) is 5.69 Å². The molecule has 5 rings (SSSR count). The molecule has 1 N–H and O–H groups in total. The van der Waals surface area contributed by atoms with Gasteiger partial charge in [-0.2, -0.15) is 4.98 Å². The summed E-state index contributed by atoms with van der Waals surface area (Å²) in [6.07, 6.45) is 4.06. The minimum absolute atomic E-state index is 0.442. The molecule has 6 nitrogen and oxygen atoms in total. The summed E-state index contributed by atoms with van der Waals surface area (Å²) >= 11 is 6.24. The van der Waals surface area contributed by atoms with E-state index in [1.54, 1.807) is 6.33 Å². The van der Waals surface area contributed by atoms with Crippen molar-refractivity contribution in [1.29, 1.82) is 0 Å². The van der Waals surface area contributed by atoms with Gasteiger partial charge in [-0.3, -0.25) is 4.57 Å². The Balaban J connectivity index is 1.62. The number of nitrogens with zero attached hydrogens (tertiary/aromatic N) is 4. The smallest absolute Gasteiger partial charge is 0.230 e. The van der Waals surface area contributed by atoms with Crippen molar-refractivity contribution in [2.75, 3.05) is 5.32 Å². The van der Waals surface area contributed by atoms with Crippen LogP contribution in [0.5, 0.6) is 0 Å². The van der Waals surface area contributed by atoms with E-state index in [-0.39, 0.29) is 0 Å². The molecule has 0 unspecified atom stereocenters. The van der Waals surface area contributed by atoms with Gasteiger partial charge in [0, 0.05) is 5.92 Å². The molecule has 2 aliphatic rings. The van der Waals surface area contributed by atoms with E-state index < -0.39 is 0 Å². The number of fused-ring (bicyclic) bond motifs is 3. The predicted octanol–water partition coefficient (Wildman–Crippen LogP) is 3.38. The lowest BCUT2D eigenvalue weighted by molar-refractivity contribution is 0.380. The fourth-order valence-corrected chi connectivity index (χ4v) is 3.06. The van der Waals surface area contributed by atoms with Gasteiger partial charge >= 0.3 is 0 Å². The van der Waals surface area contributed by atoms with Crippen molar-refractivity contribution in [3.05, 3.63) is 41.1 Å². The number of aromatic nitrogens is 4. The van der Waals surface area contributed by atoms with Crippen molar-refractivity contribution in [3.63, 3.8) is 0 Å². The van der Waals surface area contributed by atoms with Gasteiger partial charge in [-0.05, 0) is 25.0 Å². The van der Waals surface area contributed by atoms with Crippen molar-refractivity contribution in [1.82, 2.24) is 19.7 Å². The quantitative estimate of drug-likeness (QED) is 0.785. The topological polar surface area (TPSA) is 68.8 Å². The summed E-state index contributed by atoms with van der Waals surface area (Å²) in [5, 5.41) is 8.13. The fraction of sp³-hybridized carbons (Fsp3) is 0.267. The molecule has 1 aliphatic heterocycles. The third kappa shape index (κ3) is 1.70. The summed E-state index contributed by atoms with van der Waals surface area (Å²) in [5.41, 5.74) is 3.68. The van der Waals surface area contributed by atoms with Crippen LogP contribution < -0.4 is 5.32 Å². The first kappa shape index (κ1) is 12.2. The zero-order valence-electron chi connectivity index (χ0n) is 11.6. The maximum atomic E-state index is 6.24. The van der Waals surface area contributed by atoms with E-state index >= 15 is 0 Å². The standard InChI is InChI=1S/C15H12ClN5O/c16-9-2-1-3-10-12(9)17-6-11-13(18-7-21(10)11)14-19-15(22-20-14)8-4-5-8/h1-3,7-8,17H,4-6H2. The molecule has 1 fully saturated rings. The number of hydrogen-bond donors (Lipinski definition) is 1. The minimum atomic E-state index is 0.442. The largest absolute Gasteiger partial charge is 0.376 e. The Morgan fingerprint density at radius 2 is 2.23 bits per heavy atom. The average Bonchev–Trinajstić information content (AvgIpc) is 3.11. The third-order valence-corrected chi connectivity index (χ3v) is 4.45. The number of anilines is 1. The molecule has 3 heterocycles. The number of benzene rings is 1. The van der Waals surface area contributed by atoms with Crippen molar-refractivity contribution in [2.45, 2.75) is 25.3 Å². The number of nitrogens with one attached hydrogen (secondary N) is 1. The van der Waals surface area contributed by atoms with Gasteiger partial charge in [0.25, 0.3) is 0 Å². The molecular formula is C15H12ClN5O. The van der Waals surface area contributed by atoms with Crippen LogP contribution in [0.15, 0.2) is 29.0 Å². The summed E-state index contributed by atoms with van der Waals surface area (Å²) in [6, 6.07) is 5.81. The fourth-order valence-electron chi connectivity index (χ4n) is 2.83. The van der Waals surface area contributed by atoms with Gasteiger partial charge < -0.3 is 9.84 Å². The van der Waals surface area contributed by atoms with Crippen LogP contribution in [-0.2, 0) is 6.54 Å². The molecule has 22 heavy (non-hydrogen) atoms. The number of rotatable bonds is 2. The number of imidazole rings is 1. The van der Waals surface area contributed by atoms with Gasteiger partial charge in [-0.1, -0.05) is 22.8 Å². The second-order valence-corrected chi connectivity index (χ2v) is 6.04. The molecule has 1 aromatic carbocycles. The highest BCUT2D eigenvalue weighted by Crippen LogP contribution is 2.40. The lowest BCUT2D eigenvalue weighted by Gasteiger charge is -2.21. The average molecular weight is 314 g/mol. The summed E-state index contributed by atoms with van der Waals surface area (Å²) in [5.74, 6) is 1.73. The number of halogens is 1. The predicted molar refractivity (Wildman–Crippen MR) is 81.2 cm³/mol. The number of para-hydroxylation sites is 1. The van der Waals surface area contributed by atoms with Crippen LogP contribution in [0.25, 0.3) is 17.2 Å². The first-order valence-electron chi connectivity index (χ1n) is 7.24. The zero-order chi connectivity index (χ0) is 14.7. The van der Waals surface area contributed by atoms with Crippen molar-refractivity contribution < 1.29 is 4.52 Å². The molecule has 0 saturated heterocycles. The second-order valence-electron chi connectivity index (χ2n) is 5.63. The zero-order valence-corrected chi connectivity index (χ0v) is 12.3. The van der Waals surface area contributed by atoms with E-state index in [1.165, 1.54) is 0 Å². The number of hydrogen-bond acceptors (Lipinski definition) is 5. The van der Waals surface area contributed by atoms with E-state index in [1.807, 2.05) is 22.8 Å². The lowest BCUT2D eigenvalue weighted by Crippen LogP contribution is -2.15. The molecular weight excluding hydrogens is 302 g/mol. The van der Waals surface area contributed by atoms with Crippen LogP contribution in [0.3, 0.4) is 0 Å². The van der Waals surface area contributed by atoms with E-state index in [4.69, 9.17) is 16.1 Å². The van der Waals surface area contributed by atoms with Gasteiger partial charge in [0.05, 0.1) is 28.6 Å². The molecule has 3 aromatic rings. The first-order chi connectivity index (χ1) is 10.8. The Morgan fingerprint density at radius 3 is 3.09 bits per heavy atom. The summed E-state index contributed by atoms with van der Waals surface area (Å²) in [7, 11) is 0. The Morgan fingerprint density at radius 1 is 1.32 bits per heavy atom. The normalized spacial score (nSPS) is 16.0. The SMILES string of the molecule is Clc1cccc2c1NCc1c(-c3noc(C4CC4)n3)ncn1-2. The maximum Gasteiger partial charge on any atom is 0.230 e. The Labute approximate surface area is 131 Å². The molecule has 110 valence electrons. The highest BCUT2D eigenvalue weighted by Gasteiger charge is 2.31. The first-order valence-corrected chi connectivity index (χ1v) is 7.62. The Bertz CT molecular complexity index is 880. The van der Waals surface area contributed by atoms with E-state index in [2.05, 4.69) is 20.4 Å². The van der Waals surface area contributed by atoms with Crippen LogP contribution in [0.1, 0.15) is 30.3 Å². The molecule has 1 aliphatic carbocycles. The monoisotopic (exact) mass is 313 g/mol. The molecule has 2 aromatic heterocycles. The minimum Gasteiger partial charge on any atom is -0.376 e. The lowest BCUT2D eigenvalue weighted by atomic mass is 10.2. The van der Waals surface area contributed by atoms with Crippen LogP contribution in [-0.4, -0.2) is 19.7 Å². The van der Waals surface area contributed by atoms with Crippen molar-refractivity contribution in [2.24, 2.45) is 0 Å². The molecule has 0 spiro atoms. The molecule has 0 bridgehead atoms. The Hall–Kier alpha value is -2.34. The third-order valence-electron chi connectivity index (χ3n) is 4.13. The van der Waals surface area contributed by atoms with Gasteiger partial charge in [0.1, 0.15) is 12.0 Å². The molecule has 0 amide bonds. The summed E-state index contributed by atoms with van der Waals surface area (Å²) in [6.45, 7) is 0.624. The van der Waals surface area contributed by atoms with Crippen molar-refractivity contribution >= 4 is 17.3 Å². The summed E-state index contributed by atoms with van der Waals surface area (Å²) in [4.78, 5) is 8.97. The van der Waals surface area contributed by atoms with Crippen LogP contribution in [0, 0.1) is 0 Å². The highest BCUT2D eigenvalue weighted by molar-refractivity contribution is 6.33. The molecule has 0 radical (unpaired) electrons. The van der Waals surface area contributed by atoms with Crippen molar-refractivity contribution in [3.8, 4) is 17.2 Å². The van der Waals surface area contributed by atoms with Gasteiger partial charge in [-0.15, -0.1) is 0 Å². The Kier molecular flexibility index (Phi) is 2.41.